The summed E-state index contributed by atoms with van der Waals surface area (Å²) in [6.45, 7) is 8.84. The number of benzene rings is 1. The first-order valence-corrected chi connectivity index (χ1v) is 7.22. The largest absolute Gasteiger partial charge is 0.385 e. The van der Waals surface area contributed by atoms with Crippen molar-refractivity contribution in [2.24, 2.45) is 11.8 Å². The van der Waals surface area contributed by atoms with Crippen LogP contribution in [0.4, 0.5) is 0 Å². The summed E-state index contributed by atoms with van der Waals surface area (Å²) in [6, 6.07) is 6.42. The molecule has 0 saturated heterocycles. The van der Waals surface area contributed by atoms with Crippen molar-refractivity contribution in [3.63, 3.8) is 0 Å². The normalized spacial score (nSPS) is 28.7. The van der Waals surface area contributed by atoms with Gasteiger partial charge in [0.25, 0.3) is 0 Å². The Kier molecular flexibility index (Phi) is 3.82. The van der Waals surface area contributed by atoms with Crippen molar-refractivity contribution in [2.45, 2.75) is 59.0 Å². The van der Waals surface area contributed by atoms with Crippen LogP contribution in [0.1, 0.15) is 56.2 Å². The Balaban J connectivity index is 2.15. The minimum atomic E-state index is -0.580. The second-order valence-corrected chi connectivity index (χ2v) is 6.41. The maximum atomic E-state index is 10.9. The van der Waals surface area contributed by atoms with Gasteiger partial charge in [-0.3, -0.25) is 0 Å². The molecular formula is C17H26O. The van der Waals surface area contributed by atoms with E-state index in [-0.39, 0.29) is 0 Å². The molecule has 1 aromatic carbocycles. The Labute approximate surface area is 111 Å². The molecule has 0 spiro atoms. The molecule has 100 valence electrons. The molecule has 1 aliphatic carbocycles. The van der Waals surface area contributed by atoms with Gasteiger partial charge in [-0.15, -0.1) is 0 Å². The van der Waals surface area contributed by atoms with Gasteiger partial charge in [-0.1, -0.05) is 32.0 Å². The smallest absolute Gasteiger partial charge is 0.0896 e. The highest BCUT2D eigenvalue weighted by Crippen LogP contribution is 2.42. The molecule has 1 nitrogen and oxygen atoms in total. The fourth-order valence-corrected chi connectivity index (χ4v) is 3.10. The van der Waals surface area contributed by atoms with Crippen molar-refractivity contribution in [1.82, 2.24) is 0 Å². The quantitative estimate of drug-likeness (QED) is 0.823. The lowest BCUT2D eigenvalue weighted by Gasteiger charge is -2.38. The first-order chi connectivity index (χ1) is 8.42. The third-order valence-corrected chi connectivity index (χ3v) is 4.84. The summed E-state index contributed by atoms with van der Waals surface area (Å²) in [7, 11) is 0. The third kappa shape index (κ3) is 2.61. The van der Waals surface area contributed by atoms with E-state index < -0.39 is 5.60 Å². The summed E-state index contributed by atoms with van der Waals surface area (Å²) in [6.07, 6.45) is 4.14. The molecule has 2 rings (SSSR count). The van der Waals surface area contributed by atoms with Gasteiger partial charge in [-0.2, -0.15) is 0 Å². The number of aryl methyl sites for hydroxylation is 2. The van der Waals surface area contributed by atoms with Crippen molar-refractivity contribution < 1.29 is 5.11 Å². The Bertz CT molecular complexity index is 412. The number of aliphatic hydroxyl groups is 1. The molecule has 0 unspecified atom stereocenters. The van der Waals surface area contributed by atoms with E-state index in [9.17, 15) is 5.11 Å². The lowest BCUT2D eigenvalue weighted by Crippen LogP contribution is -2.32. The highest BCUT2D eigenvalue weighted by molar-refractivity contribution is 5.33. The van der Waals surface area contributed by atoms with Gasteiger partial charge < -0.3 is 5.11 Å². The second-order valence-electron chi connectivity index (χ2n) is 6.41. The van der Waals surface area contributed by atoms with Gasteiger partial charge in [0.1, 0.15) is 0 Å². The van der Waals surface area contributed by atoms with E-state index in [2.05, 4.69) is 45.9 Å². The first-order valence-electron chi connectivity index (χ1n) is 7.22. The van der Waals surface area contributed by atoms with E-state index >= 15 is 0 Å². The van der Waals surface area contributed by atoms with E-state index in [1.54, 1.807) is 0 Å². The summed E-state index contributed by atoms with van der Waals surface area (Å²) in [5, 5.41) is 10.9. The topological polar surface area (TPSA) is 20.2 Å². The third-order valence-electron chi connectivity index (χ3n) is 4.84. The minimum absolute atomic E-state index is 0.580. The number of rotatable bonds is 2. The summed E-state index contributed by atoms with van der Waals surface area (Å²) < 4.78 is 0. The SMILES string of the molecule is Cc1ccc(C2(O)CCC(C(C)C)CC2)cc1C. The fourth-order valence-electron chi connectivity index (χ4n) is 3.10. The van der Waals surface area contributed by atoms with Gasteiger partial charge in [-0.25, -0.2) is 0 Å². The molecule has 0 aliphatic heterocycles. The van der Waals surface area contributed by atoms with Crippen LogP contribution in [0, 0.1) is 25.7 Å². The average molecular weight is 246 g/mol. The zero-order valence-corrected chi connectivity index (χ0v) is 12.2. The molecule has 1 saturated carbocycles. The summed E-state index contributed by atoms with van der Waals surface area (Å²) in [4.78, 5) is 0. The van der Waals surface area contributed by atoms with Crippen molar-refractivity contribution in [3.8, 4) is 0 Å². The van der Waals surface area contributed by atoms with Crippen LogP contribution in [0.2, 0.25) is 0 Å². The van der Waals surface area contributed by atoms with Crippen LogP contribution < -0.4 is 0 Å². The van der Waals surface area contributed by atoms with Gasteiger partial charge >= 0.3 is 0 Å². The Hall–Kier alpha value is -0.820. The molecule has 0 heterocycles. The second kappa shape index (κ2) is 5.05. The lowest BCUT2D eigenvalue weighted by atomic mass is 9.72. The number of hydrogen-bond acceptors (Lipinski definition) is 1. The number of hydrogen-bond donors (Lipinski definition) is 1. The van der Waals surface area contributed by atoms with Crippen LogP contribution in [0.25, 0.3) is 0 Å². The Morgan fingerprint density at radius 3 is 2.22 bits per heavy atom. The molecule has 0 atom stereocenters. The maximum Gasteiger partial charge on any atom is 0.0896 e. The van der Waals surface area contributed by atoms with Gasteiger partial charge in [-0.05, 0) is 68.1 Å². The molecule has 0 aromatic heterocycles. The highest BCUT2D eigenvalue weighted by atomic mass is 16.3. The van der Waals surface area contributed by atoms with E-state index in [1.807, 2.05) is 0 Å². The predicted molar refractivity (Wildman–Crippen MR) is 76.6 cm³/mol. The van der Waals surface area contributed by atoms with Crippen LogP contribution in [0.5, 0.6) is 0 Å². The predicted octanol–water partition coefficient (Wildman–Crippen LogP) is 4.34. The van der Waals surface area contributed by atoms with Crippen LogP contribution in [0.3, 0.4) is 0 Å². The standard InChI is InChI=1S/C17H26O/c1-12(2)15-7-9-17(18,10-8-15)16-6-5-13(3)14(4)11-16/h5-6,11-12,15,18H,7-10H2,1-4H3. The van der Waals surface area contributed by atoms with Crippen LogP contribution in [0.15, 0.2) is 18.2 Å². The Morgan fingerprint density at radius 1 is 1.11 bits per heavy atom. The average Bonchev–Trinajstić information content (AvgIpc) is 2.33. The molecule has 0 radical (unpaired) electrons. The fraction of sp³-hybridized carbons (Fsp3) is 0.647. The van der Waals surface area contributed by atoms with E-state index in [1.165, 1.54) is 11.1 Å². The van der Waals surface area contributed by atoms with E-state index in [0.717, 1.165) is 43.1 Å². The van der Waals surface area contributed by atoms with Gasteiger partial charge in [0.2, 0.25) is 0 Å². The Morgan fingerprint density at radius 2 is 1.72 bits per heavy atom. The summed E-state index contributed by atoms with van der Waals surface area (Å²) >= 11 is 0. The lowest BCUT2D eigenvalue weighted by molar-refractivity contribution is -0.0200. The molecule has 1 N–H and O–H groups in total. The van der Waals surface area contributed by atoms with Crippen LogP contribution >= 0.6 is 0 Å². The zero-order valence-electron chi connectivity index (χ0n) is 12.2. The van der Waals surface area contributed by atoms with Crippen molar-refractivity contribution in [3.05, 3.63) is 34.9 Å². The molecule has 18 heavy (non-hydrogen) atoms. The molecule has 1 aliphatic rings. The summed E-state index contributed by atoms with van der Waals surface area (Å²) in [5.41, 5.74) is 3.13. The monoisotopic (exact) mass is 246 g/mol. The van der Waals surface area contributed by atoms with Gasteiger partial charge in [0.15, 0.2) is 0 Å². The van der Waals surface area contributed by atoms with Gasteiger partial charge in [0, 0.05) is 0 Å². The molecule has 1 fully saturated rings. The van der Waals surface area contributed by atoms with Crippen molar-refractivity contribution >= 4 is 0 Å². The molecular weight excluding hydrogens is 220 g/mol. The molecule has 0 amide bonds. The zero-order chi connectivity index (χ0) is 13.3. The molecule has 1 aromatic rings. The van der Waals surface area contributed by atoms with Gasteiger partial charge in [0.05, 0.1) is 5.60 Å². The molecule has 0 bridgehead atoms. The van der Waals surface area contributed by atoms with E-state index in [4.69, 9.17) is 0 Å². The first kappa shape index (κ1) is 13.6. The van der Waals surface area contributed by atoms with Crippen molar-refractivity contribution in [2.75, 3.05) is 0 Å². The van der Waals surface area contributed by atoms with Crippen molar-refractivity contribution in [1.29, 1.82) is 0 Å². The molecule has 1 heteroatoms. The minimum Gasteiger partial charge on any atom is -0.385 e. The van der Waals surface area contributed by atoms with Crippen LogP contribution in [-0.2, 0) is 5.60 Å². The maximum absolute atomic E-state index is 10.9. The van der Waals surface area contributed by atoms with Crippen LogP contribution in [-0.4, -0.2) is 5.11 Å². The highest BCUT2D eigenvalue weighted by Gasteiger charge is 2.35. The summed E-state index contributed by atoms with van der Waals surface area (Å²) in [5.74, 6) is 1.53. The van der Waals surface area contributed by atoms with E-state index in [0.29, 0.717) is 0 Å².